The van der Waals surface area contributed by atoms with Crippen molar-refractivity contribution in [2.75, 3.05) is 0 Å². The van der Waals surface area contributed by atoms with Crippen LogP contribution in [0.1, 0.15) is 76.2 Å². The van der Waals surface area contributed by atoms with Gasteiger partial charge in [-0.3, -0.25) is 0 Å². The molecule has 34 heavy (non-hydrogen) atoms. The van der Waals surface area contributed by atoms with Crippen LogP contribution in [-0.2, 0) is 0 Å². The lowest BCUT2D eigenvalue weighted by Crippen LogP contribution is -2.16. The molecule has 182 valence electrons. The van der Waals surface area contributed by atoms with Crippen LogP contribution in [0.5, 0.6) is 5.75 Å². The first kappa shape index (κ1) is 24.6. The minimum atomic E-state index is -4.75. The Kier molecular flexibility index (Phi) is 7.80. The molecule has 0 aliphatic heterocycles. The van der Waals surface area contributed by atoms with Crippen molar-refractivity contribution in [2.45, 2.75) is 77.0 Å². The highest BCUT2D eigenvalue weighted by molar-refractivity contribution is 5.89. The number of rotatable bonds is 8. The molecule has 0 bridgehead atoms. The van der Waals surface area contributed by atoms with E-state index in [2.05, 4.69) is 17.7 Å². The van der Waals surface area contributed by atoms with Crippen molar-refractivity contribution in [1.29, 1.82) is 0 Å². The van der Waals surface area contributed by atoms with Gasteiger partial charge in [0.05, 0.1) is 0 Å². The van der Waals surface area contributed by atoms with Crippen LogP contribution in [-0.4, -0.2) is 6.36 Å². The predicted molar refractivity (Wildman–Crippen MR) is 129 cm³/mol. The number of alkyl halides is 3. The fourth-order valence-electron chi connectivity index (χ4n) is 5.27. The molecule has 5 heteroatoms. The Morgan fingerprint density at radius 1 is 0.853 bits per heavy atom. The summed E-state index contributed by atoms with van der Waals surface area (Å²) in [5, 5.41) is 1.39. The lowest BCUT2D eigenvalue weighted by atomic mass is 9.76. The Balaban J connectivity index is 1.44. The summed E-state index contributed by atoms with van der Waals surface area (Å²) in [6.45, 7) is 2.25. The summed E-state index contributed by atoms with van der Waals surface area (Å²) in [4.78, 5) is 0. The SMILES string of the molecule is CCCCCC[C@H]1CC[C@H](c2ccc3c(F)c(-c4ccc(OC(F)(F)F)cc4)ccc3c2)CC1. The second-order valence-corrected chi connectivity index (χ2v) is 9.55. The van der Waals surface area contributed by atoms with Gasteiger partial charge in [-0.1, -0.05) is 81.5 Å². The first-order valence-electron chi connectivity index (χ1n) is 12.4. The molecule has 0 amide bonds. The van der Waals surface area contributed by atoms with Crippen molar-refractivity contribution in [1.82, 2.24) is 0 Å². The van der Waals surface area contributed by atoms with Crippen LogP contribution < -0.4 is 4.74 Å². The maximum atomic E-state index is 15.3. The number of unbranched alkanes of at least 4 members (excludes halogenated alkanes) is 3. The lowest BCUT2D eigenvalue weighted by Gasteiger charge is -2.29. The van der Waals surface area contributed by atoms with Gasteiger partial charge in [-0.2, -0.15) is 0 Å². The highest BCUT2D eigenvalue weighted by atomic mass is 19.4. The molecule has 0 saturated heterocycles. The van der Waals surface area contributed by atoms with E-state index in [-0.39, 0.29) is 11.6 Å². The van der Waals surface area contributed by atoms with Crippen LogP contribution in [0.15, 0.2) is 54.6 Å². The van der Waals surface area contributed by atoms with E-state index < -0.39 is 6.36 Å². The van der Waals surface area contributed by atoms with Crippen LogP contribution in [0.4, 0.5) is 17.6 Å². The van der Waals surface area contributed by atoms with Crippen molar-refractivity contribution in [2.24, 2.45) is 5.92 Å². The van der Waals surface area contributed by atoms with Crippen LogP contribution >= 0.6 is 0 Å². The van der Waals surface area contributed by atoms with Crippen molar-refractivity contribution in [3.05, 3.63) is 66.0 Å². The second-order valence-electron chi connectivity index (χ2n) is 9.55. The van der Waals surface area contributed by atoms with E-state index in [1.807, 2.05) is 18.2 Å². The van der Waals surface area contributed by atoms with Crippen molar-refractivity contribution in [3.8, 4) is 16.9 Å². The first-order chi connectivity index (χ1) is 16.3. The largest absolute Gasteiger partial charge is 0.573 e. The molecule has 4 rings (SSSR count). The van der Waals surface area contributed by atoms with Gasteiger partial charge in [0.25, 0.3) is 0 Å². The zero-order valence-corrected chi connectivity index (χ0v) is 19.6. The van der Waals surface area contributed by atoms with E-state index in [0.717, 1.165) is 11.3 Å². The van der Waals surface area contributed by atoms with Gasteiger partial charge in [-0.05, 0) is 66.2 Å². The normalized spacial score (nSPS) is 18.9. The molecule has 3 aromatic rings. The van der Waals surface area contributed by atoms with Gasteiger partial charge in [-0.15, -0.1) is 13.2 Å². The molecular weight excluding hydrogens is 440 g/mol. The molecule has 1 fully saturated rings. The van der Waals surface area contributed by atoms with Crippen LogP contribution in [0, 0.1) is 11.7 Å². The van der Waals surface area contributed by atoms with E-state index in [1.165, 1.54) is 87.6 Å². The molecule has 1 nitrogen and oxygen atoms in total. The quantitative estimate of drug-likeness (QED) is 0.234. The molecule has 0 spiro atoms. The number of ether oxygens (including phenoxy) is 1. The minimum absolute atomic E-state index is 0.322. The summed E-state index contributed by atoms with van der Waals surface area (Å²) in [7, 11) is 0. The Morgan fingerprint density at radius 3 is 2.26 bits per heavy atom. The number of hydrogen-bond donors (Lipinski definition) is 0. The van der Waals surface area contributed by atoms with Crippen molar-refractivity contribution in [3.63, 3.8) is 0 Å². The summed E-state index contributed by atoms with van der Waals surface area (Å²) in [6.07, 6.45) is 6.84. The fourth-order valence-corrected chi connectivity index (χ4v) is 5.27. The smallest absolute Gasteiger partial charge is 0.406 e. The molecule has 0 heterocycles. The Morgan fingerprint density at radius 2 is 1.59 bits per heavy atom. The highest BCUT2D eigenvalue weighted by Gasteiger charge is 2.31. The molecule has 0 atom stereocenters. The zero-order chi connectivity index (χ0) is 24.1. The molecule has 1 aliphatic carbocycles. The molecule has 1 saturated carbocycles. The van der Waals surface area contributed by atoms with Crippen molar-refractivity contribution >= 4 is 10.8 Å². The number of fused-ring (bicyclic) bond motifs is 1. The van der Waals surface area contributed by atoms with E-state index >= 15 is 4.39 Å². The maximum absolute atomic E-state index is 15.3. The van der Waals surface area contributed by atoms with Crippen LogP contribution in [0.3, 0.4) is 0 Å². The van der Waals surface area contributed by atoms with E-state index in [9.17, 15) is 13.2 Å². The average molecular weight is 473 g/mol. The van der Waals surface area contributed by atoms with Gasteiger partial charge in [0.1, 0.15) is 11.6 Å². The maximum Gasteiger partial charge on any atom is 0.573 e. The van der Waals surface area contributed by atoms with E-state index in [1.54, 1.807) is 6.07 Å². The van der Waals surface area contributed by atoms with Crippen molar-refractivity contribution < 1.29 is 22.3 Å². The summed E-state index contributed by atoms with van der Waals surface area (Å²) in [5.74, 6) is 0.698. The van der Waals surface area contributed by atoms with Gasteiger partial charge < -0.3 is 4.74 Å². The Labute approximate surface area is 199 Å². The molecule has 0 N–H and O–H groups in total. The molecule has 0 unspecified atom stereocenters. The first-order valence-corrected chi connectivity index (χ1v) is 12.4. The van der Waals surface area contributed by atoms with Crippen LogP contribution in [0.25, 0.3) is 21.9 Å². The van der Waals surface area contributed by atoms with E-state index in [4.69, 9.17) is 0 Å². The van der Waals surface area contributed by atoms with Gasteiger partial charge in [-0.25, -0.2) is 4.39 Å². The Bertz CT molecular complexity index is 1080. The summed E-state index contributed by atoms with van der Waals surface area (Å²) < 4.78 is 56.4. The predicted octanol–water partition coefficient (Wildman–Crippen LogP) is 9.79. The number of benzene rings is 3. The standard InChI is InChI=1S/C29H32F4O/c1-2-3-4-5-6-20-7-9-21(10-8-20)23-13-17-27-24(19-23)14-18-26(28(27)30)22-11-15-25(16-12-22)34-29(31,32)33/h11-21H,2-10H2,1H3/t20-,21-. The van der Waals surface area contributed by atoms with Gasteiger partial charge in [0.15, 0.2) is 0 Å². The minimum Gasteiger partial charge on any atom is -0.406 e. The monoisotopic (exact) mass is 472 g/mol. The molecule has 1 aliphatic rings. The second kappa shape index (κ2) is 10.8. The average Bonchev–Trinajstić information content (AvgIpc) is 2.82. The highest BCUT2D eigenvalue weighted by Crippen LogP contribution is 2.39. The number of halogens is 4. The zero-order valence-electron chi connectivity index (χ0n) is 19.6. The summed E-state index contributed by atoms with van der Waals surface area (Å²) in [6, 6.07) is 14.9. The van der Waals surface area contributed by atoms with E-state index in [0.29, 0.717) is 22.4 Å². The molecule has 3 aromatic carbocycles. The lowest BCUT2D eigenvalue weighted by molar-refractivity contribution is -0.274. The molecular formula is C29H32F4O. The summed E-state index contributed by atoms with van der Waals surface area (Å²) >= 11 is 0. The number of hydrogen-bond acceptors (Lipinski definition) is 1. The third-order valence-electron chi connectivity index (χ3n) is 7.16. The third-order valence-corrected chi connectivity index (χ3v) is 7.16. The molecule has 0 aromatic heterocycles. The Hall–Kier alpha value is -2.56. The topological polar surface area (TPSA) is 9.23 Å². The summed E-state index contributed by atoms with van der Waals surface area (Å²) in [5.41, 5.74) is 2.15. The van der Waals surface area contributed by atoms with Gasteiger partial charge in [0, 0.05) is 10.9 Å². The fraction of sp³-hybridized carbons (Fsp3) is 0.448. The molecule has 0 radical (unpaired) electrons. The van der Waals surface area contributed by atoms with Gasteiger partial charge in [0.2, 0.25) is 0 Å². The third kappa shape index (κ3) is 6.11. The van der Waals surface area contributed by atoms with Gasteiger partial charge >= 0.3 is 6.36 Å². The van der Waals surface area contributed by atoms with Crippen LogP contribution in [0.2, 0.25) is 0 Å².